The van der Waals surface area contributed by atoms with Gasteiger partial charge in [-0.05, 0) is 57.2 Å². The number of fused-ring (bicyclic) bond motifs is 1. The van der Waals surface area contributed by atoms with Crippen molar-refractivity contribution in [3.8, 4) is 11.1 Å². The van der Waals surface area contributed by atoms with E-state index < -0.39 is 16.9 Å². The predicted octanol–water partition coefficient (Wildman–Crippen LogP) is 2.92. The summed E-state index contributed by atoms with van der Waals surface area (Å²) in [6, 6.07) is 7.13. The lowest BCUT2D eigenvalue weighted by Gasteiger charge is -2.27. The third kappa shape index (κ3) is 3.19. The summed E-state index contributed by atoms with van der Waals surface area (Å²) in [5.41, 5.74) is 8.28. The molecule has 8 nitrogen and oxygen atoms in total. The zero-order chi connectivity index (χ0) is 22.0. The number of aromatic nitrogens is 1. The lowest BCUT2D eigenvalue weighted by atomic mass is 9.99. The van der Waals surface area contributed by atoms with Crippen LogP contribution in [0.2, 0.25) is 0 Å². The van der Waals surface area contributed by atoms with E-state index in [0.29, 0.717) is 22.5 Å². The number of nitrogens with zero attached hydrogens (tertiary/aromatic N) is 2. The molecule has 2 saturated carbocycles. The van der Waals surface area contributed by atoms with Gasteiger partial charge in [-0.25, -0.2) is 4.79 Å². The van der Waals surface area contributed by atoms with E-state index in [1.165, 1.54) is 4.31 Å². The Labute approximate surface area is 180 Å². The number of hydrogen-bond donors (Lipinski definition) is 1. The molecule has 1 unspecified atom stereocenters. The van der Waals surface area contributed by atoms with E-state index >= 15 is 0 Å². The standard InChI is InChI=1S/C22H23N3O5S/c1-11-19(23)18-20(30-22(11)27)17(12(2)24(21(18)26)14-6-7-14)13-4-3-5-16(10-13)25(31(28)29)15-8-9-15/h3-5,10,14-15H,6-9,23H2,1-2H3,(H,28,29)/p-1. The molecule has 0 spiro atoms. The van der Waals surface area contributed by atoms with Crippen LogP contribution >= 0.6 is 0 Å². The molecule has 2 N–H and O–H groups in total. The molecule has 2 aliphatic carbocycles. The van der Waals surface area contributed by atoms with E-state index in [1.807, 2.05) is 13.0 Å². The number of hydrogen-bond acceptors (Lipinski definition) is 6. The zero-order valence-corrected chi connectivity index (χ0v) is 18.0. The molecule has 0 saturated heterocycles. The molecule has 162 valence electrons. The molecular weight excluding hydrogens is 418 g/mol. The summed E-state index contributed by atoms with van der Waals surface area (Å²) < 4.78 is 32.4. The summed E-state index contributed by atoms with van der Waals surface area (Å²) in [4.78, 5) is 25.7. The van der Waals surface area contributed by atoms with Gasteiger partial charge in [0.15, 0.2) is 5.58 Å². The third-order valence-corrected chi connectivity index (χ3v) is 6.95. The molecule has 9 heteroatoms. The molecule has 2 heterocycles. The Morgan fingerprint density at radius 1 is 1.19 bits per heavy atom. The van der Waals surface area contributed by atoms with Gasteiger partial charge in [0.2, 0.25) is 0 Å². The first-order valence-electron chi connectivity index (χ1n) is 10.3. The molecule has 0 radical (unpaired) electrons. The van der Waals surface area contributed by atoms with Crippen molar-refractivity contribution in [2.45, 2.75) is 51.6 Å². The molecule has 2 aliphatic rings. The van der Waals surface area contributed by atoms with E-state index in [-0.39, 0.29) is 39.9 Å². The van der Waals surface area contributed by atoms with Crippen molar-refractivity contribution in [2.75, 3.05) is 10.0 Å². The van der Waals surface area contributed by atoms with E-state index in [1.54, 1.807) is 29.7 Å². The van der Waals surface area contributed by atoms with Crippen LogP contribution in [0.3, 0.4) is 0 Å². The predicted molar refractivity (Wildman–Crippen MR) is 119 cm³/mol. The lowest BCUT2D eigenvalue weighted by Crippen LogP contribution is -2.27. The quantitative estimate of drug-likeness (QED) is 0.609. The average Bonchev–Trinajstić information content (AvgIpc) is 3.61. The van der Waals surface area contributed by atoms with Crippen molar-refractivity contribution in [3.63, 3.8) is 0 Å². The van der Waals surface area contributed by atoms with Gasteiger partial charge in [0.25, 0.3) is 5.56 Å². The largest absolute Gasteiger partial charge is 0.755 e. The number of nitrogens with two attached hydrogens (primary N) is 1. The van der Waals surface area contributed by atoms with E-state index in [2.05, 4.69) is 0 Å². The molecule has 5 rings (SSSR count). The van der Waals surface area contributed by atoms with Gasteiger partial charge in [0, 0.05) is 40.3 Å². The van der Waals surface area contributed by atoms with E-state index in [0.717, 1.165) is 25.7 Å². The topological polar surface area (TPSA) is 122 Å². The highest BCUT2D eigenvalue weighted by atomic mass is 32.2. The fraction of sp³-hybridized carbons (Fsp3) is 0.364. The molecule has 0 bridgehead atoms. The number of nitrogen functional groups attached to an aromatic ring is 1. The number of anilines is 2. The third-order valence-electron chi connectivity index (χ3n) is 6.12. The Morgan fingerprint density at radius 3 is 2.52 bits per heavy atom. The first-order valence-corrected chi connectivity index (χ1v) is 11.3. The monoisotopic (exact) mass is 440 g/mol. The van der Waals surface area contributed by atoms with Crippen LogP contribution in [-0.2, 0) is 11.3 Å². The minimum Gasteiger partial charge on any atom is -0.755 e. The van der Waals surface area contributed by atoms with Gasteiger partial charge in [-0.1, -0.05) is 12.1 Å². The van der Waals surface area contributed by atoms with Gasteiger partial charge in [0.05, 0.1) is 11.3 Å². The van der Waals surface area contributed by atoms with Crippen LogP contribution in [0.5, 0.6) is 0 Å². The Bertz CT molecular complexity index is 1370. The molecule has 0 aliphatic heterocycles. The second-order valence-corrected chi connectivity index (χ2v) is 9.15. The summed E-state index contributed by atoms with van der Waals surface area (Å²) in [7, 11) is 0. The van der Waals surface area contributed by atoms with Crippen LogP contribution in [0.25, 0.3) is 22.1 Å². The summed E-state index contributed by atoms with van der Waals surface area (Å²) in [6.45, 7) is 3.36. The Morgan fingerprint density at radius 2 is 1.90 bits per heavy atom. The molecule has 1 aromatic carbocycles. The van der Waals surface area contributed by atoms with Gasteiger partial charge in [-0.3, -0.25) is 13.3 Å². The van der Waals surface area contributed by atoms with Crippen LogP contribution in [-0.4, -0.2) is 19.4 Å². The zero-order valence-electron chi connectivity index (χ0n) is 17.2. The summed E-state index contributed by atoms with van der Waals surface area (Å²) >= 11 is -2.40. The molecular formula is C22H22N3O5S-. The summed E-state index contributed by atoms with van der Waals surface area (Å²) in [5.74, 6) is 0. The van der Waals surface area contributed by atoms with Crippen LogP contribution in [0, 0.1) is 13.8 Å². The maximum Gasteiger partial charge on any atom is 0.341 e. The summed E-state index contributed by atoms with van der Waals surface area (Å²) in [5, 5.41) is 0.196. The SMILES string of the molecule is Cc1c(N)c2c(=O)n(C3CC3)c(C)c(-c3cccc(N(C4CC4)S(=O)[O-])c3)c2oc1=O. The molecule has 2 fully saturated rings. The minimum atomic E-state index is -2.40. The van der Waals surface area contributed by atoms with Crippen LogP contribution in [0.1, 0.15) is 43.0 Å². The van der Waals surface area contributed by atoms with Gasteiger partial charge in [0.1, 0.15) is 5.39 Å². The highest BCUT2D eigenvalue weighted by Crippen LogP contribution is 2.41. The highest BCUT2D eigenvalue weighted by molar-refractivity contribution is 7.80. The fourth-order valence-electron chi connectivity index (χ4n) is 4.22. The van der Waals surface area contributed by atoms with Crippen molar-refractivity contribution in [2.24, 2.45) is 0 Å². The highest BCUT2D eigenvalue weighted by Gasteiger charge is 2.32. The van der Waals surface area contributed by atoms with Gasteiger partial charge in [-0.15, -0.1) is 0 Å². The maximum atomic E-state index is 13.3. The van der Waals surface area contributed by atoms with Crippen LogP contribution in [0.4, 0.5) is 11.4 Å². The first kappa shape index (κ1) is 20.0. The Balaban J connectivity index is 1.83. The molecule has 3 aromatic rings. The van der Waals surface area contributed by atoms with Crippen molar-refractivity contribution < 1.29 is 13.2 Å². The lowest BCUT2D eigenvalue weighted by molar-refractivity contribution is 0.531. The molecule has 31 heavy (non-hydrogen) atoms. The van der Waals surface area contributed by atoms with Crippen molar-refractivity contribution >= 4 is 33.6 Å². The number of rotatable bonds is 5. The molecule has 1 atom stereocenters. The fourth-order valence-corrected chi connectivity index (χ4v) is 4.96. The molecule has 0 amide bonds. The Kier molecular flexibility index (Phi) is 4.56. The van der Waals surface area contributed by atoms with Crippen molar-refractivity contribution in [1.82, 2.24) is 4.57 Å². The number of benzene rings is 1. The second kappa shape index (κ2) is 7.06. The Hall–Kier alpha value is -2.91. The van der Waals surface area contributed by atoms with Gasteiger partial charge < -0.3 is 19.3 Å². The van der Waals surface area contributed by atoms with Gasteiger partial charge in [-0.2, -0.15) is 0 Å². The van der Waals surface area contributed by atoms with E-state index in [9.17, 15) is 18.4 Å². The van der Waals surface area contributed by atoms with E-state index in [4.69, 9.17) is 10.2 Å². The number of pyridine rings is 1. The average molecular weight is 441 g/mol. The van der Waals surface area contributed by atoms with Crippen LogP contribution < -0.4 is 21.2 Å². The summed E-state index contributed by atoms with van der Waals surface area (Å²) in [6.07, 6.45) is 3.42. The molecule has 2 aromatic heterocycles. The normalized spacial score (nSPS) is 17.1. The van der Waals surface area contributed by atoms with Crippen molar-refractivity contribution in [1.29, 1.82) is 0 Å². The first-order chi connectivity index (χ1) is 14.8. The van der Waals surface area contributed by atoms with Crippen LogP contribution in [0.15, 0.2) is 38.3 Å². The smallest absolute Gasteiger partial charge is 0.341 e. The van der Waals surface area contributed by atoms with Crippen molar-refractivity contribution in [3.05, 3.63) is 56.3 Å². The minimum absolute atomic E-state index is 0.0388. The van der Waals surface area contributed by atoms with Gasteiger partial charge >= 0.3 is 5.63 Å². The second-order valence-electron chi connectivity index (χ2n) is 8.32. The maximum absolute atomic E-state index is 13.3.